The molecule has 1 amide bonds. The van der Waals surface area contributed by atoms with Crippen LogP contribution in [0.3, 0.4) is 0 Å². The molecule has 0 fully saturated rings. The summed E-state index contributed by atoms with van der Waals surface area (Å²) in [4.78, 5) is 10.2. The molecule has 0 saturated carbocycles. The number of nitrogens with two attached hydrogens (primary N) is 1. The molecule has 1 aromatic carbocycles. The van der Waals surface area contributed by atoms with Gasteiger partial charge >= 0.3 is 0 Å². The maximum atomic E-state index is 11.7. The second-order valence-electron chi connectivity index (χ2n) is 3.10. The van der Waals surface area contributed by atoms with Crippen molar-refractivity contribution in [1.29, 1.82) is 0 Å². The predicted molar refractivity (Wildman–Crippen MR) is 56.7 cm³/mol. The molecular weight excluding hydrogens is 214 g/mol. The number of rotatable bonds is 3. The van der Waals surface area contributed by atoms with Crippen molar-refractivity contribution in [2.24, 2.45) is 5.73 Å². The molecule has 1 rings (SSSR count). The van der Waals surface area contributed by atoms with Crippen LogP contribution >= 0.6 is 0 Å². The van der Waals surface area contributed by atoms with Crippen molar-refractivity contribution in [3.05, 3.63) is 41.3 Å². The summed E-state index contributed by atoms with van der Waals surface area (Å²) in [7, 11) is -3.82. The first kappa shape index (κ1) is 11.5. The Labute approximate surface area is 88.3 Å². The Kier molecular flexibility index (Phi) is 2.95. The summed E-state index contributed by atoms with van der Waals surface area (Å²) in [5.74, 6) is -1.03. The van der Waals surface area contributed by atoms with Gasteiger partial charge in [0.15, 0.2) is 0 Å². The standard InChI is InChI=1S/C10H11NO3S/c1-7-3-5-9(6-4-7)15(13,14)8(2)10(11)12/h3-6H,2H2,1H3,(H2,11,12). The minimum atomic E-state index is -3.82. The molecule has 0 unspecified atom stereocenters. The number of hydrogen-bond acceptors (Lipinski definition) is 3. The van der Waals surface area contributed by atoms with Gasteiger partial charge < -0.3 is 5.73 Å². The van der Waals surface area contributed by atoms with Gasteiger partial charge in [-0.15, -0.1) is 0 Å². The average Bonchev–Trinajstić information content (AvgIpc) is 2.17. The summed E-state index contributed by atoms with van der Waals surface area (Å²) >= 11 is 0. The summed E-state index contributed by atoms with van der Waals surface area (Å²) in [6, 6.07) is 6.11. The molecule has 0 aliphatic heterocycles. The molecule has 2 N–H and O–H groups in total. The summed E-state index contributed by atoms with van der Waals surface area (Å²) in [6.07, 6.45) is 0. The van der Waals surface area contributed by atoms with E-state index in [9.17, 15) is 13.2 Å². The molecule has 0 aliphatic rings. The summed E-state index contributed by atoms with van der Waals surface area (Å²) in [5.41, 5.74) is 5.80. The van der Waals surface area contributed by atoms with Gasteiger partial charge in [0, 0.05) is 0 Å². The molecule has 0 radical (unpaired) electrons. The molecule has 5 heteroatoms. The van der Waals surface area contributed by atoms with Crippen LogP contribution in [-0.4, -0.2) is 14.3 Å². The van der Waals surface area contributed by atoms with Gasteiger partial charge in [0.25, 0.3) is 5.91 Å². The van der Waals surface area contributed by atoms with Crippen LogP contribution in [0.4, 0.5) is 0 Å². The number of hydrogen-bond donors (Lipinski definition) is 1. The molecule has 1 aromatic rings. The van der Waals surface area contributed by atoms with Gasteiger partial charge in [-0.3, -0.25) is 4.79 Å². The molecule has 80 valence electrons. The fourth-order valence-corrected chi connectivity index (χ4v) is 2.04. The molecular formula is C10H11NO3S. The molecule has 0 spiro atoms. The van der Waals surface area contributed by atoms with Crippen LogP contribution in [0.2, 0.25) is 0 Å². The summed E-state index contributed by atoms with van der Waals surface area (Å²) < 4.78 is 23.4. The van der Waals surface area contributed by atoms with E-state index in [2.05, 4.69) is 6.58 Å². The second kappa shape index (κ2) is 3.86. The highest BCUT2D eigenvalue weighted by atomic mass is 32.2. The van der Waals surface area contributed by atoms with Crippen molar-refractivity contribution in [2.45, 2.75) is 11.8 Å². The van der Waals surface area contributed by atoms with Crippen molar-refractivity contribution in [3.8, 4) is 0 Å². The van der Waals surface area contributed by atoms with Gasteiger partial charge in [-0.05, 0) is 19.1 Å². The third-order valence-corrected chi connectivity index (χ3v) is 3.67. The van der Waals surface area contributed by atoms with Crippen LogP contribution < -0.4 is 5.73 Å². The van der Waals surface area contributed by atoms with Crippen molar-refractivity contribution in [1.82, 2.24) is 0 Å². The van der Waals surface area contributed by atoms with E-state index in [-0.39, 0.29) is 4.90 Å². The Hall–Kier alpha value is -1.62. The second-order valence-corrected chi connectivity index (χ2v) is 5.07. The summed E-state index contributed by atoms with van der Waals surface area (Å²) in [5, 5.41) is 0. The Morgan fingerprint density at radius 1 is 1.27 bits per heavy atom. The van der Waals surface area contributed by atoms with E-state index in [1.165, 1.54) is 12.1 Å². The molecule has 15 heavy (non-hydrogen) atoms. The fraction of sp³-hybridized carbons (Fsp3) is 0.100. The van der Waals surface area contributed by atoms with E-state index in [0.717, 1.165) is 5.56 Å². The highest BCUT2D eigenvalue weighted by Gasteiger charge is 2.22. The zero-order chi connectivity index (χ0) is 11.6. The molecule has 0 heterocycles. The lowest BCUT2D eigenvalue weighted by Crippen LogP contribution is -2.20. The SMILES string of the molecule is C=C(C(N)=O)S(=O)(=O)c1ccc(C)cc1. The third-order valence-electron chi connectivity index (χ3n) is 1.93. The lowest BCUT2D eigenvalue weighted by Gasteiger charge is -2.04. The van der Waals surface area contributed by atoms with Crippen molar-refractivity contribution in [3.63, 3.8) is 0 Å². The minimum absolute atomic E-state index is 0.0249. The van der Waals surface area contributed by atoms with Crippen LogP contribution in [-0.2, 0) is 14.6 Å². The number of carbonyl (C=O) groups excluding carboxylic acids is 1. The Morgan fingerprint density at radius 2 is 1.73 bits per heavy atom. The first-order chi connectivity index (χ1) is 6.85. The number of primary amides is 1. The highest BCUT2D eigenvalue weighted by Crippen LogP contribution is 2.17. The molecule has 0 bridgehead atoms. The highest BCUT2D eigenvalue weighted by molar-refractivity contribution is 7.96. The Balaban J connectivity index is 3.24. The van der Waals surface area contributed by atoms with Crippen LogP contribution in [0.1, 0.15) is 5.56 Å². The fourth-order valence-electron chi connectivity index (χ4n) is 0.992. The van der Waals surface area contributed by atoms with E-state index in [1.54, 1.807) is 12.1 Å². The van der Waals surface area contributed by atoms with Crippen molar-refractivity contribution >= 4 is 15.7 Å². The Bertz CT molecular complexity index is 500. The lowest BCUT2D eigenvalue weighted by atomic mass is 10.2. The van der Waals surface area contributed by atoms with E-state index in [4.69, 9.17) is 5.73 Å². The monoisotopic (exact) mass is 225 g/mol. The third kappa shape index (κ3) is 2.24. The van der Waals surface area contributed by atoms with Crippen molar-refractivity contribution < 1.29 is 13.2 Å². The van der Waals surface area contributed by atoms with Gasteiger partial charge in [-0.1, -0.05) is 24.3 Å². The quantitative estimate of drug-likeness (QED) is 0.772. The van der Waals surface area contributed by atoms with Crippen LogP contribution in [0, 0.1) is 6.92 Å². The number of carbonyl (C=O) groups is 1. The van der Waals surface area contributed by atoms with Gasteiger partial charge in [0.1, 0.15) is 4.91 Å². The van der Waals surface area contributed by atoms with Gasteiger partial charge in [0.2, 0.25) is 9.84 Å². The first-order valence-corrected chi connectivity index (χ1v) is 5.64. The lowest BCUT2D eigenvalue weighted by molar-refractivity contribution is -0.113. The van der Waals surface area contributed by atoms with E-state index >= 15 is 0 Å². The van der Waals surface area contributed by atoms with E-state index < -0.39 is 20.6 Å². The molecule has 0 saturated heterocycles. The maximum absolute atomic E-state index is 11.7. The largest absolute Gasteiger partial charge is 0.365 e. The number of sulfone groups is 1. The minimum Gasteiger partial charge on any atom is -0.365 e. The van der Waals surface area contributed by atoms with E-state index in [0.29, 0.717) is 0 Å². The van der Waals surface area contributed by atoms with E-state index in [1.807, 2.05) is 6.92 Å². The molecule has 0 atom stereocenters. The summed E-state index contributed by atoms with van der Waals surface area (Å²) in [6.45, 7) is 4.99. The van der Waals surface area contributed by atoms with Crippen LogP contribution in [0.25, 0.3) is 0 Å². The number of aryl methyl sites for hydroxylation is 1. The first-order valence-electron chi connectivity index (χ1n) is 4.16. The van der Waals surface area contributed by atoms with Crippen LogP contribution in [0.15, 0.2) is 40.6 Å². The molecule has 4 nitrogen and oxygen atoms in total. The topological polar surface area (TPSA) is 77.2 Å². The maximum Gasteiger partial charge on any atom is 0.260 e. The van der Waals surface area contributed by atoms with Crippen LogP contribution in [0.5, 0.6) is 0 Å². The average molecular weight is 225 g/mol. The molecule has 0 aromatic heterocycles. The number of benzene rings is 1. The predicted octanol–water partition coefficient (Wildman–Crippen LogP) is 0.768. The van der Waals surface area contributed by atoms with Gasteiger partial charge in [0.05, 0.1) is 4.90 Å². The molecule has 0 aliphatic carbocycles. The smallest absolute Gasteiger partial charge is 0.260 e. The zero-order valence-corrected chi connectivity index (χ0v) is 9.04. The normalized spacial score (nSPS) is 11.0. The van der Waals surface area contributed by atoms with Crippen molar-refractivity contribution in [2.75, 3.05) is 0 Å². The van der Waals surface area contributed by atoms with Gasteiger partial charge in [-0.25, -0.2) is 8.42 Å². The van der Waals surface area contributed by atoms with Gasteiger partial charge in [-0.2, -0.15) is 0 Å². The number of amides is 1. The zero-order valence-electron chi connectivity index (χ0n) is 8.23. The Morgan fingerprint density at radius 3 is 2.13 bits per heavy atom.